The van der Waals surface area contributed by atoms with Gasteiger partial charge in [0, 0.05) is 25.4 Å². The zero-order valence-corrected chi connectivity index (χ0v) is 11.6. The normalized spacial score (nSPS) is 15.9. The van der Waals surface area contributed by atoms with Gasteiger partial charge in [0.1, 0.15) is 0 Å². The number of rotatable bonds is 4. The third-order valence-electron chi connectivity index (χ3n) is 3.24. The Bertz CT molecular complexity index is 210. The molecule has 0 aliphatic heterocycles. The van der Waals surface area contributed by atoms with E-state index in [-0.39, 0.29) is 17.4 Å². The second kappa shape index (κ2) is 5.74. The lowest BCUT2D eigenvalue weighted by Gasteiger charge is -2.30. The molecule has 15 heavy (non-hydrogen) atoms. The summed E-state index contributed by atoms with van der Waals surface area (Å²) < 4.78 is 0. The van der Waals surface area contributed by atoms with Gasteiger partial charge >= 0.3 is 0 Å². The number of nitrogens with zero attached hydrogens (tertiary/aromatic N) is 1. The van der Waals surface area contributed by atoms with Crippen LogP contribution >= 0.6 is 11.6 Å². The van der Waals surface area contributed by atoms with Crippen molar-refractivity contribution in [3.8, 4) is 0 Å². The molecule has 0 saturated carbocycles. The van der Waals surface area contributed by atoms with E-state index in [0.29, 0.717) is 18.2 Å². The van der Waals surface area contributed by atoms with Crippen LogP contribution in [0.2, 0.25) is 0 Å². The highest BCUT2D eigenvalue weighted by atomic mass is 35.5. The van der Waals surface area contributed by atoms with E-state index >= 15 is 0 Å². The molecular weight excluding hydrogens is 210 g/mol. The molecule has 1 amide bonds. The van der Waals surface area contributed by atoms with Crippen molar-refractivity contribution in [1.29, 1.82) is 0 Å². The molecule has 0 N–H and O–H groups in total. The van der Waals surface area contributed by atoms with Crippen molar-refractivity contribution in [3.05, 3.63) is 0 Å². The van der Waals surface area contributed by atoms with Gasteiger partial charge in [-0.3, -0.25) is 4.79 Å². The van der Waals surface area contributed by atoms with Gasteiger partial charge in [-0.25, -0.2) is 0 Å². The van der Waals surface area contributed by atoms with E-state index in [1.807, 2.05) is 14.0 Å². The molecule has 2 unspecified atom stereocenters. The Balaban J connectivity index is 4.25. The maximum Gasteiger partial charge on any atom is 0.222 e. The van der Waals surface area contributed by atoms with Crippen LogP contribution in [0.15, 0.2) is 0 Å². The summed E-state index contributed by atoms with van der Waals surface area (Å²) in [4.78, 5) is 13.6. The van der Waals surface area contributed by atoms with Crippen molar-refractivity contribution in [1.82, 2.24) is 4.90 Å². The van der Waals surface area contributed by atoms with Crippen LogP contribution in [0.4, 0.5) is 0 Å². The molecule has 0 spiro atoms. The van der Waals surface area contributed by atoms with Crippen molar-refractivity contribution in [2.75, 3.05) is 12.9 Å². The van der Waals surface area contributed by atoms with Gasteiger partial charge in [0.2, 0.25) is 5.91 Å². The average molecular weight is 234 g/mol. The molecule has 0 bridgehead atoms. The van der Waals surface area contributed by atoms with Crippen LogP contribution < -0.4 is 0 Å². The fourth-order valence-electron chi connectivity index (χ4n) is 1.06. The Labute approximate surface area is 99.0 Å². The topological polar surface area (TPSA) is 20.3 Å². The predicted octanol–water partition coefficient (Wildman–Crippen LogP) is 3.14. The lowest BCUT2D eigenvalue weighted by atomic mass is 9.80. The number of carbonyl (C=O) groups excluding carboxylic acids is 1. The molecule has 3 heteroatoms. The Morgan fingerprint density at radius 3 is 2.13 bits per heavy atom. The van der Waals surface area contributed by atoms with Crippen LogP contribution in [0.5, 0.6) is 0 Å². The molecule has 0 aromatic rings. The van der Waals surface area contributed by atoms with E-state index in [0.717, 1.165) is 0 Å². The molecule has 0 fully saturated rings. The van der Waals surface area contributed by atoms with E-state index in [1.165, 1.54) is 0 Å². The number of amides is 1. The van der Waals surface area contributed by atoms with E-state index in [2.05, 4.69) is 27.7 Å². The monoisotopic (exact) mass is 233 g/mol. The van der Waals surface area contributed by atoms with Gasteiger partial charge in [0.25, 0.3) is 0 Å². The highest BCUT2D eigenvalue weighted by Crippen LogP contribution is 2.28. The molecule has 0 radical (unpaired) electrons. The highest BCUT2D eigenvalue weighted by Gasteiger charge is 2.25. The zero-order chi connectivity index (χ0) is 12.2. The summed E-state index contributed by atoms with van der Waals surface area (Å²) in [6.45, 7) is 10.6. The third-order valence-corrected chi connectivity index (χ3v) is 3.68. The van der Waals surface area contributed by atoms with Crippen LogP contribution in [0.25, 0.3) is 0 Å². The largest absolute Gasteiger partial charge is 0.342 e. The first-order valence-electron chi connectivity index (χ1n) is 5.51. The lowest BCUT2D eigenvalue weighted by Crippen LogP contribution is -2.38. The van der Waals surface area contributed by atoms with Gasteiger partial charge in [-0.2, -0.15) is 0 Å². The number of alkyl halides is 1. The number of carbonyl (C=O) groups is 1. The first kappa shape index (κ1) is 14.8. The van der Waals surface area contributed by atoms with Crippen LogP contribution in [0.3, 0.4) is 0 Å². The fraction of sp³-hybridized carbons (Fsp3) is 0.917. The molecule has 2 nitrogen and oxygen atoms in total. The van der Waals surface area contributed by atoms with E-state index < -0.39 is 0 Å². The first-order chi connectivity index (χ1) is 6.70. The Morgan fingerprint density at radius 2 is 1.80 bits per heavy atom. The summed E-state index contributed by atoms with van der Waals surface area (Å²) in [5.41, 5.74) is 0.181. The van der Waals surface area contributed by atoms with Gasteiger partial charge in [-0.15, -0.1) is 11.6 Å². The predicted molar refractivity (Wildman–Crippen MR) is 66.2 cm³/mol. The van der Waals surface area contributed by atoms with Crippen molar-refractivity contribution in [3.63, 3.8) is 0 Å². The summed E-state index contributed by atoms with van der Waals surface area (Å²) in [6.07, 6.45) is 0.598. The van der Waals surface area contributed by atoms with Crippen LogP contribution in [0.1, 0.15) is 41.0 Å². The van der Waals surface area contributed by atoms with Crippen molar-refractivity contribution < 1.29 is 4.79 Å². The van der Waals surface area contributed by atoms with E-state index in [1.54, 1.807) is 4.90 Å². The summed E-state index contributed by atoms with van der Waals surface area (Å²) in [5.74, 6) is 1.06. The van der Waals surface area contributed by atoms with Crippen LogP contribution in [0, 0.1) is 11.3 Å². The molecular formula is C12H24ClNO. The fourth-order valence-corrected chi connectivity index (χ4v) is 1.27. The molecule has 0 heterocycles. The maximum absolute atomic E-state index is 11.9. The minimum absolute atomic E-state index is 0.117. The molecule has 0 aliphatic carbocycles. The highest BCUT2D eigenvalue weighted by molar-refractivity contribution is 6.18. The first-order valence-corrected chi connectivity index (χ1v) is 6.05. The average Bonchev–Trinajstić information content (AvgIpc) is 2.13. The Kier molecular flexibility index (Phi) is 5.65. The summed E-state index contributed by atoms with van der Waals surface area (Å²) in [7, 11) is 1.82. The second-order valence-corrected chi connectivity index (χ2v) is 5.79. The Morgan fingerprint density at radius 1 is 1.33 bits per heavy atom. The van der Waals surface area contributed by atoms with E-state index in [4.69, 9.17) is 11.6 Å². The molecule has 2 atom stereocenters. The molecule has 90 valence electrons. The minimum atomic E-state index is 0.117. The van der Waals surface area contributed by atoms with Gasteiger partial charge in [0.15, 0.2) is 0 Å². The number of hydrogen-bond acceptors (Lipinski definition) is 1. The van der Waals surface area contributed by atoms with Gasteiger partial charge in [-0.1, -0.05) is 27.7 Å². The standard InChI is InChI=1S/C12H24ClNO/c1-9(12(3,4)5)7-11(15)14(6)10(2)8-13/h9-10H,7-8H2,1-6H3. The number of halogens is 1. The van der Waals surface area contributed by atoms with Crippen molar-refractivity contribution in [2.45, 2.75) is 47.1 Å². The SMILES string of the molecule is CC(CCl)N(C)C(=O)CC(C)C(C)(C)C. The smallest absolute Gasteiger partial charge is 0.222 e. The van der Waals surface area contributed by atoms with E-state index in [9.17, 15) is 4.79 Å². The van der Waals surface area contributed by atoms with Crippen LogP contribution in [-0.2, 0) is 4.79 Å². The summed E-state index contributed by atoms with van der Waals surface area (Å²) >= 11 is 5.72. The zero-order valence-electron chi connectivity index (χ0n) is 10.8. The molecule has 0 aromatic carbocycles. The quantitative estimate of drug-likeness (QED) is 0.684. The molecule has 0 saturated heterocycles. The molecule has 0 rings (SSSR count). The second-order valence-electron chi connectivity index (χ2n) is 5.48. The molecule has 0 aliphatic rings. The van der Waals surface area contributed by atoms with Crippen molar-refractivity contribution in [2.24, 2.45) is 11.3 Å². The summed E-state index contributed by atoms with van der Waals surface area (Å²) in [6, 6.07) is 0.117. The lowest BCUT2D eigenvalue weighted by molar-refractivity contribution is -0.133. The van der Waals surface area contributed by atoms with Crippen LogP contribution in [-0.4, -0.2) is 29.8 Å². The summed E-state index contributed by atoms with van der Waals surface area (Å²) in [5, 5.41) is 0. The van der Waals surface area contributed by atoms with Gasteiger partial charge in [0.05, 0.1) is 0 Å². The minimum Gasteiger partial charge on any atom is -0.342 e. The Hall–Kier alpha value is -0.240. The molecule has 0 aromatic heterocycles. The van der Waals surface area contributed by atoms with Crippen molar-refractivity contribution >= 4 is 17.5 Å². The number of hydrogen-bond donors (Lipinski definition) is 0. The maximum atomic E-state index is 11.9. The van der Waals surface area contributed by atoms with Gasteiger partial charge < -0.3 is 4.90 Å². The van der Waals surface area contributed by atoms with Gasteiger partial charge in [-0.05, 0) is 18.3 Å². The third kappa shape index (κ3) is 4.87.